The Bertz CT molecular complexity index is 1260. The quantitative estimate of drug-likeness (QED) is 0.481. The van der Waals surface area contributed by atoms with E-state index in [-0.39, 0.29) is 24.2 Å². The molecule has 0 spiro atoms. The molecule has 0 aliphatic carbocycles. The zero-order valence-corrected chi connectivity index (χ0v) is 22.1. The fraction of sp³-hybridized carbons (Fsp3) is 0.481. The van der Waals surface area contributed by atoms with Crippen molar-refractivity contribution in [1.29, 1.82) is 0 Å². The summed E-state index contributed by atoms with van der Waals surface area (Å²) in [6, 6.07) is 3.13. The Balaban J connectivity index is 1.64. The van der Waals surface area contributed by atoms with Crippen molar-refractivity contribution in [3.05, 3.63) is 41.7 Å². The van der Waals surface area contributed by atoms with Gasteiger partial charge < -0.3 is 15.4 Å². The molecule has 3 amide bonds. The second kappa shape index (κ2) is 11.7. The van der Waals surface area contributed by atoms with E-state index < -0.39 is 36.1 Å². The van der Waals surface area contributed by atoms with E-state index in [9.17, 15) is 19.2 Å². The first-order valence-corrected chi connectivity index (χ1v) is 12.9. The molecule has 4 rings (SSSR count). The van der Waals surface area contributed by atoms with Crippen LogP contribution in [0.5, 0.6) is 0 Å². The van der Waals surface area contributed by atoms with Crippen molar-refractivity contribution in [3.8, 4) is 0 Å². The van der Waals surface area contributed by atoms with E-state index in [4.69, 9.17) is 4.74 Å². The minimum Gasteiger partial charge on any atom is -0.455 e. The molecule has 2 aliphatic heterocycles. The highest BCUT2D eigenvalue weighted by molar-refractivity contribution is 5.92. The molecule has 5 bridgehead atoms. The predicted octanol–water partition coefficient (Wildman–Crippen LogP) is 1.79. The van der Waals surface area contributed by atoms with Crippen molar-refractivity contribution in [3.63, 3.8) is 0 Å². The number of hydrogen-bond donors (Lipinski definition) is 3. The van der Waals surface area contributed by atoms with Crippen LogP contribution >= 0.6 is 0 Å². The van der Waals surface area contributed by atoms with Crippen molar-refractivity contribution in [2.45, 2.75) is 71.2 Å². The van der Waals surface area contributed by atoms with Gasteiger partial charge >= 0.3 is 5.97 Å². The van der Waals surface area contributed by atoms with Crippen molar-refractivity contribution >= 4 is 40.8 Å². The number of ether oxygens (including phenoxy) is 1. The fourth-order valence-corrected chi connectivity index (χ4v) is 4.44. The Hall–Kier alpha value is -3.86. The Labute approximate surface area is 221 Å². The number of hydrazine groups is 1. The number of rotatable bonds is 1. The topological polar surface area (TPSA) is 143 Å². The number of aromatic nitrogens is 2. The third kappa shape index (κ3) is 6.34. The summed E-state index contributed by atoms with van der Waals surface area (Å²) >= 11 is 0. The average molecular weight is 523 g/mol. The van der Waals surface area contributed by atoms with Crippen LogP contribution in [0.15, 0.2) is 30.5 Å². The van der Waals surface area contributed by atoms with Crippen LogP contribution in [0.4, 0.5) is 0 Å². The SMILES string of the molecule is CC(C)[C@@H]1NC(=O)C/C=C/c2ccc3ncc(nc3c2)[C@@H](C)OC(=O)[C@@H]2CCCN(N2)C(=O)[C@H](C)NC1=O. The average Bonchev–Trinajstić information content (AvgIpc) is 2.90. The summed E-state index contributed by atoms with van der Waals surface area (Å²) in [6.45, 7) is 7.32. The standard InChI is InChI=1S/C27H34N6O5/c1-15(2)24-25(35)29-16(3)26(36)33-12-6-8-20(32-33)27(37)38-17(4)22-14-28-19-11-10-18(13-21(19)30-22)7-5-9-23(34)31-24/h5,7,10-11,13-17,20,24,32H,6,8-9,12H2,1-4H3,(H,29,35)(H,31,34)/b7-5+/t16-,17+,20-,24-/m0/s1. The molecular weight excluding hydrogens is 488 g/mol. The summed E-state index contributed by atoms with van der Waals surface area (Å²) < 4.78 is 5.68. The summed E-state index contributed by atoms with van der Waals surface area (Å²) in [7, 11) is 0. The number of carbonyl (C=O) groups is 4. The highest BCUT2D eigenvalue weighted by atomic mass is 16.5. The number of carbonyl (C=O) groups excluding carboxylic acids is 4. The van der Waals surface area contributed by atoms with Crippen molar-refractivity contribution in [2.24, 2.45) is 5.92 Å². The van der Waals surface area contributed by atoms with Crippen LogP contribution < -0.4 is 16.1 Å². The first-order chi connectivity index (χ1) is 18.1. The molecule has 11 nitrogen and oxygen atoms in total. The third-order valence-electron chi connectivity index (χ3n) is 6.64. The second-order valence-electron chi connectivity index (χ2n) is 10.1. The van der Waals surface area contributed by atoms with E-state index in [1.807, 2.05) is 32.0 Å². The van der Waals surface area contributed by atoms with E-state index in [0.717, 1.165) is 5.56 Å². The van der Waals surface area contributed by atoms with Crippen LogP contribution in [0.2, 0.25) is 0 Å². The van der Waals surface area contributed by atoms with Crippen LogP contribution in [0.25, 0.3) is 17.1 Å². The molecule has 1 aromatic heterocycles. The molecule has 4 atom stereocenters. The number of benzene rings is 1. The normalized spacial score (nSPS) is 26.6. The lowest BCUT2D eigenvalue weighted by Gasteiger charge is -2.35. The van der Waals surface area contributed by atoms with E-state index in [1.54, 1.807) is 32.2 Å². The maximum atomic E-state index is 13.1. The highest BCUT2D eigenvalue weighted by Crippen LogP contribution is 2.21. The molecule has 2 aliphatic rings. The van der Waals surface area contributed by atoms with Crippen LogP contribution in [0, 0.1) is 5.92 Å². The number of nitrogens with one attached hydrogen (secondary N) is 3. The molecule has 1 saturated heterocycles. The number of fused-ring (bicyclic) bond motifs is 4. The molecule has 2 aromatic rings. The number of amides is 3. The fourth-order valence-electron chi connectivity index (χ4n) is 4.44. The van der Waals surface area contributed by atoms with E-state index in [0.29, 0.717) is 36.1 Å². The van der Waals surface area contributed by atoms with Gasteiger partial charge in [0, 0.05) is 13.0 Å². The Morgan fingerprint density at radius 3 is 2.63 bits per heavy atom. The van der Waals surface area contributed by atoms with Crippen molar-refractivity contribution in [2.75, 3.05) is 6.54 Å². The van der Waals surface area contributed by atoms with Crippen molar-refractivity contribution < 1.29 is 23.9 Å². The first kappa shape index (κ1) is 27.2. The maximum Gasteiger partial charge on any atom is 0.325 e. The molecule has 1 fully saturated rings. The molecule has 3 heterocycles. The smallest absolute Gasteiger partial charge is 0.325 e. The lowest BCUT2D eigenvalue weighted by molar-refractivity contribution is -0.157. The van der Waals surface area contributed by atoms with Gasteiger partial charge in [-0.1, -0.05) is 32.1 Å². The first-order valence-electron chi connectivity index (χ1n) is 12.9. The van der Waals surface area contributed by atoms with Crippen molar-refractivity contribution in [1.82, 2.24) is 31.0 Å². The van der Waals surface area contributed by atoms with Gasteiger partial charge in [0.2, 0.25) is 11.8 Å². The molecule has 38 heavy (non-hydrogen) atoms. The number of cyclic esters (lactones) is 1. The van der Waals surface area contributed by atoms with Crippen LogP contribution in [0.1, 0.15) is 64.3 Å². The Kier molecular flexibility index (Phi) is 8.35. The van der Waals surface area contributed by atoms with Gasteiger partial charge in [-0.3, -0.25) is 29.2 Å². The largest absolute Gasteiger partial charge is 0.455 e. The van der Waals surface area contributed by atoms with E-state index in [1.165, 1.54) is 5.01 Å². The lowest BCUT2D eigenvalue weighted by Crippen LogP contribution is -2.61. The van der Waals surface area contributed by atoms with Crippen LogP contribution in [0.3, 0.4) is 0 Å². The summed E-state index contributed by atoms with van der Waals surface area (Å²) in [4.78, 5) is 60.7. The molecular formula is C27H34N6O5. The lowest BCUT2D eigenvalue weighted by atomic mass is 10.0. The Morgan fingerprint density at radius 2 is 1.87 bits per heavy atom. The number of nitrogens with zero attached hydrogens (tertiary/aromatic N) is 3. The van der Waals surface area contributed by atoms with Gasteiger partial charge in [-0.15, -0.1) is 0 Å². The number of esters is 1. The van der Waals surface area contributed by atoms with Gasteiger partial charge in [0.1, 0.15) is 24.2 Å². The van der Waals surface area contributed by atoms with E-state index >= 15 is 0 Å². The monoisotopic (exact) mass is 522 g/mol. The highest BCUT2D eigenvalue weighted by Gasteiger charge is 2.33. The minimum absolute atomic E-state index is 0.0702. The zero-order valence-electron chi connectivity index (χ0n) is 22.1. The summed E-state index contributed by atoms with van der Waals surface area (Å²) in [6.07, 6.45) is 5.58. The van der Waals surface area contributed by atoms with Gasteiger partial charge in [0.25, 0.3) is 5.91 Å². The minimum atomic E-state index is -0.871. The summed E-state index contributed by atoms with van der Waals surface area (Å²) in [5.41, 5.74) is 5.58. The summed E-state index contributed by atoms with van der Waals surface area (Å²) in [5.74, 6) is -1.85. The molecule has 3 N–H and O–H groups in total. The third-order valence-corrected chi connectivity index (χ3v) is 6.64. The van der Waals surface area contributed by atoms with Crippen LogP contribution in [-0.2, 0) is 23.9 Å². The molecule has 0 unspecified atom stereocenters. The molecule has 11 heteroatoms. The van der Waals surface area contributed by atoms with E-state index in [2.05, 4.69) is 26.0 Å². The van der Waals surface area contributed by atoms with Gasteiger partial charge in [-0.05, 0) is 50.3 Å². The molecule has 0 radical (unpaired) electrons. The summed E-state index contributed by atoms with van der Waals surface area (Å²) in [5, 5.41) is 6.83. The van der Waals surface area contributed by atoms with Gasteiger partial charge in [-0.2, -0.15) is 0 Å². The van der Waals surface area contributed by atoms with Gasteiger partial charge in [0.05, 0.1) is 22.9 Å². The predicted molar refractivity (Wildman–Crippen MR) is 140 cm³/mol. The maximum absolute atomic E-state index is 13.1. The molecule has 0 saturated carbocycles. The Morgan fingerprint density at radius 1 is 1.08 bits per heavy atom. The second-order valence-corrected chi connectivity index (χ2v) is 10.1. The van der Waals surface area contributed by atoms with Crippen LogP contribution in [-0.4, -0.2) is 63.3 Å². The van der Waals surface area contributed by atoms with Gasteiger partial charge in [0.15, 0.2) is 0 Å². The number of hydrogen-bond acceptors (Lipinski definition) is 8. The zero-order chi connectivity index (χ0) is 27.4. The van der Waals surface area contributed by atoms with Gasteiger partial charge in [-0.25, -0.2) is 10.4 Å². The molecule has 1 aromatic carbocycles. The molecule has 202 valence electrons.